The van der Waals surface area contributed by atoms with Gasteiger partial charge in [-0.1, -0.05) is 6.07 Å². The largest absolute Gasteiger partial charge is 0.385 e. The van der Waals surface area contributed by atoms with Crippen LogP contribution in [-0.2, 0) is 15.1 Å². The van der Waals surface area contributed by atoms with E-state index >= 15 is 0 Å². The van der Waals surface area contributed by atoms with Gasteiger partial charge in [0.15, 0.2) is 0 Å². The number of aromatic nitrogens is 1. The Labute approximate surface area is 137 Å². The van der Waals surface area contributed by atoms with E-state index in [2.05, 4.69) is 10.3 Å². The van der Waals surface area contributed by atoms with E-state index in [0.29, 0.717) is 25.4 Å². The number of rotatable bonds is 6. The summed E-state index contributed by atoms with van der Waals surface area (Å²) < 4.78 is 5.61. The van der Waals surface area contributed by atoms with Crippen molar-refractivity contribution >= 4 is 5.91 Å². The zero-order valence-electron chi connectivity index (χ0n) is 13.7. The summed E-state index contributed by atoms with van der Waals surface area (Å²) in [5.74, 6) is 0.622. The number of aliphatic hydroxyl groups is 1. The van der Waals surface area contributed by atoms with Gasteiger partial charge in [0.25, 0.3) is 0 Å². The van der Waals surface area contributed by atoms with Gasteiger partial charge in [-0.25, -0.2) is 0 Å². The van der Waals surface area contributed by atoms with Crippen LogP contribution in [0.5, 0.6) is 0 Å². The van der Waals surface area contributed by atoms with Crippen LogP contribution in [-0.4, -0.2) is 34.8 Å². The molecule has 0 radical (unpaired) electrons. The summed E-state index contributed by atoms with van der Waals surface area (Å²) >= 11 is 0. The summed E-state index contributed by atoms with van der Waals surface area (Å²) in [5.41, 5.74) is 0.0507. The van der Waals surface area contributed by atoms with Gasteiger partial charge in [-0.15, -0.1) is 0 Å². The molecule has 0 bridgehead atoms. The number of ether oxygens (including phenoxy) is 1. The number of pyridine rings is 1. The molecule has 126 valence electrons. The van der Waals surface area contributed by atoms with E-state index < -0.39 is 11.7 Å². The van der Waals surface area contributed by atoms with Crippen molar-refractivity contribution in [2.75, 3.05) is 6.61 Å². The standard InChI is InChI=1S/C18H26N2O3/c1-13(23-12-14-4-5-14)17(21)20-16-6-8-18(22,9-7-16)15-3-2-10-19-11-15/h2-3,10-11,13-14,16,22H,4-9,12H2,1H3,(H,20,21)/t13-,16?,18?/m1/s1. The molecule has 1 atom stereocenters. The number of nitrogens with one attached hydrogen (secondary N) is 1. The van der Waals surface area contributed by atoms with Crippen LogP contribution in [0.1, 0.15) is 51.0 Å². The smallest absolute Gasteiger partial charge is 0.249 e. The lowest BCUT2D eigenvalue weighted by Gasteiger charge is -2.36. The topological polar surface area (TPSA) is 71.5 Å². The third kappa shape index (κ3) is 4.30. The summed E-state index contributed by atoms with van der Waals surface area (Å²) in [6.07, 6.45) is 8.32. The Kier molecular flexibility index (Phi) is 4.97. The van der Waals surface area contributed by atoms with Gasteiger partial charge in [0.2, 0.25) is 5.91 Å². The lowest BCUT2D eigenvalue weighted by atomic mass is 9.78. The molecule has 0 spiro atoms. The van der Waals surface area contributed by atoms with Crippen molar-refractivity contribution in [3.05, 3.63) is 30.1 Å². The van der Waals surface area contributed by atoms with Gasteiger partial charge in [0.1, 0.15) is 6.10 Å². The molecule has 2 N–H and O–H groups in total. The van der Waals surface area contributed by atoms with Gasteiger partial charge in [-0.2, -0.15) is 0 Å². The van der Waals surface area contributed by atoms with Crippen molar-refractivity contribution in [1.82, 2.24) is 10.3 Å². The van der Waals surface area contributed by atoms with Gasteiger partial charge < -0.3 is 15.2 Å². The minimum atomic E-state index is -0.816. The van der Waals surface area contributed by atoms with E-state index in [9.17, 15) is 9.90 Å². The van der Waals surface area contributed by atoms with E-state index in [1.807, 2.05) is 19.1 Å². The van der Waals surface area contributed by atoms with Crippen molar-refractivity contribution in [1.29, 1.82) is 0 Å². The average molecular weight is 318 g/mol. The van der Waals surface area contributed by atoms with Crippen LogP contribution in [0.2, 0.25) is 0 Å². The van der Waals surface area contributed by atoms with Crippen LogP contribution in [0.15, 0.2) is 24.5 Å². The molecule has 0 aromatic carbocycles. The summed E-state index contributed by atoms with van der Waals surface area (Å²) in [6, 6.07) is 3.88. The Morgan fingerprint density at radius 2 is 2.17 bits per heavy atom. The lowest BCUT2D eigenvalue weighted by molar-refractivity contribution is -0.133. The fourth-order valence-electron chi connectivity index (χ4n) is 3.13. The molecular weight excluding hydrogens is 292 g/mol. The Morgan fingerprint density at radius 1 is 1.43 bits per heavy atom. The van der Waals surface area contributed by atoms with Gasteiger partial charge in [-0.05, 0) is 57.4 Å². The fraction of sp³-hybridized carbons (Fsp3) is 0.667. The predicted octanol–water partition coefficient (Wildman–Crippen LogP) is 2.14. The highest BCUT2D eigenvalue weighted by atomic mass is 16.5. The summed E-state index contributed by atoms with van der Waals surface area (Å²) in [5, 5.41) is 13.8. The molecule has 3 rings (SSSR count). The number of nitrogens with zero attached hydrogens (tertiary/aromatic N) is 1. The normalized spacial score (nSPS) is 29.0. The van der Waals surface area contributed by atoms with E-state index in [-0.39, 0.29) is 11.9 Å². The van der Waals surface area contributed by atoms with Gasteiger partial charge in [0, 0.05) is 24.0 Å². The predicted molar refractivity (Wildman–Crippen MR) is 86.7 cm³/mol. The van der Waals surface area contributed by atoms with E-state index in [4.69, 9.17) is 4.74 Å². The summed E-state index contributed by atoms with van der Waals surface area (Å²) in [4.78, 5) is 16.3. The molecule has 1 aromatic rings. The van der Waals surface area contributed by atoms with Gasteiger partial charge in [0.05, 0.1) is 12.2 Å². The highest BCUT2D eigenvalue weighted by Gasteiger charge is 2.35. The van der Waals surface area contributed by atoms with Crippen LogP contribution < -0.4 is 5.32 Å². The molecule has 5 heteroatoms. The van der Waals surface area contributed by atoms with Crippen molar-refractivity contribution in [3.8, 4) is 0 Å². The summed E-state index contributed by atoms with van der Waals surface area (Å²) in [6.45, 7) is 2.51. The molecule has 5 nitrogen and oxygen atoms in total. The SMILES string of the molecule is C[C@@H](OCC1CC1)C(=O)NC1CCC(O)(c2cccnc2)CC1. The number of amides is 1. The minimum absolute atomic E-state index is 0.0394. The average Bonchev–Trinajstić information content (AvgIpc) is 3.40. The van der Waals surface area contributed by atoms with Crippen molar-refractivity contribution in [2.24, 2.45) is 5.92 Å². The van der Waals surface area contributed by atoms with Gasteiger partial charge >= 0.3 is 0 Å². The van der Waals surface area contributed by atoms with E-state index in [0.717, 1.165) is 18.4 Å². The second kappa shape index (κ2) is 6.97. The molecular formula is C18H26N2O3. The molecule has 1 amide bonds. The molecule has 2 saturated carbocycles. The van der Waals surface area contributed by atoms with Crippen LogP contribution in [0, 0.1) is 5.92 Å². The Balaban J connectivity index is 1.46. The highest BCUT2D eigenvalue weighted by Crippen LogP contribution is 2.36. The second-order valence-electron chi connectivity index (χ2n) is 6.98. The first-order valence-electron chi connectivity index (χ1n) is 8.62. The number of carbonyl (C=O) groups excluding carboxylic acids is 1. The first kappa shape index (κ1) is 16.4. The van der Waals surface area contributed by atoms with E-state index in [1.165, 1.54) is 12.8 Å². The lowest BCUT2D eigenvalue weighted by Crippen LogP contribution is -2.45. The van der Waals surface area contributed by atoms with Crippen LogP contribution in [0.3, 0.4) is 0 Å². The Morgan fingerprint density at radius 3 is 2.78 bits per heavy atom. The van der Waals surface area contributed by atoms with Gasteiger partial charge in [-0.3, -0.25) is 9.78 Å². The first-order valence-corrected chi connectivity index (χ1v) is 8.62. The Bertz CT molecular complexity index is 522. The second-order valence-corrected chi connectivity index (χ2v) is 6.98. The minimum Gasteiger partial charge on any atom is -0.385 e. The molecule has 23 heavy (non-hydrogen) atoms. The number of hydrogen-bond acceptors (Lipinski definition) is 4. The van der Waals surface area contributed by atoms with Crippen molar-refractivity contribution < 1.29 is 14.6 Å². The highest BCUT2D eigenvalue weighted by molar-refractivity contribution is 5.80. The maximum atomic E-state index is 12.2. The van der Waals surface area contributed by atoms with Crippen LogP contribution in [0.4, 0.5) is 0 Å². The zero-order valence-corrected chi connectivity index (χ0v) is 13.7. The molecule has 1 aromatic heterocycles. The monoisotopic (exact) mass is 318 g/mol. The molecule has 2 fully saturated rings. The molecule has 0 saturated heterocycles. The maximum absolute atomic E-state index is 12.2. The third-order valence-corrected chi connectivity index (χ3v) is 5.01. The van der Waals surface area contributed by atoms with E-state index in [1.54, 1.807) is 12.4 Å². The molecule has 2 aliphatic rings. The maximum Gasteiger partial charge on any atom is 0.249 e. The van der Waals surface area contributed by atoms with Crippen LogP contribution in [0.25, 0.3) is 0 Å². The molecule has 2 aliphatic carbocycles. The first-order chi connectivity index (χ1) is 11.1. The molecule has 0 aliphatic heterocycles. The fourth-order valence-corrected chi connectivity index (χ4v) is 3.13. The molecule has 1 heterocycles. The van der Waals surface area contributed by atoms with Crippen LogP contribution >= 0.6 is 0 Å². The quantitative estimate of drug-likeness (QED) is 0.843. The number of hydrogen-bond donors (Lipinski definition) is 2. The van der Waals surface area contributed by atoms with Crippen molar-refractivity contribution in [3.63, 3.8) is 0 Å². The third-order valence-electron chi connectivity index (χ3n) is 5.01. The zero-order chi connectivity index (χ0) is 16.3. The number of carbonyl (C=O) groups is 1. The Hall–Kier alpha value is -1.46. The summed E-state index contributed by atoms with van der Waals surface area (Å²) in [7, 11) is 0. The molecule has 0 unspecified atom stereocenters. The van der Waals surface area contributed by atoms with Crippen molar-refractivity contribution in [2.45, 2.75) is 63.2 Å².